The Morgan fingerprint density at radius 1 is 1.05 bits per heavy atom. The van der Waals surface area contributed by atoms with Crippen molar-refractivity contribution in [2.24, 2.45) is 0 Å². The molecule has 0 saturated heterocycles. The molecule has 0 atom stereocenters. The minimum absolute atomic E-state index is 0.0764. The van der Waals surface area contributed by atoms with Gasteiger partial charge in [0.2, 0.25) is 5.95 Å². The van der Waals surface area contributed by atoms with Crippen molar-refractivity contribution in [2.45, 2.75) is 0 Å². The Morgan fingerprint density at radius 2 is 1.80 bits per heavy atom. The Labute approximate surface area is 116 Å². The van der Waals surface area contributed by atoms with Gasteiger partial charge in [-0.25, -0.2) is 18.2 Å². The number of benzene rings is 2. The first-order valence-electron chi connectivity index (χ1n) is 5.56. The van der Waals surface area contributed by atoms with Crippen molar-refractivity contribution in [2.75, 3.05) is 5.73 Å². The van der Waals surface area contributed by atoms with Crippen LogP contribution >= 0.6 is 11.6 Å². The third-order valence-electron chi connectivity index (χ3n) is 2.85. The molecule has 0 aliphatic heterocycles. The summed E-state index contributed by atoms with van der Waals surface area (Å²) in [5.41, 5.74) is 5.84. The molecule has 0 bridgehead atoms. The fourth-order valence-corrected chi connectivity index (χ4v) is 2.23. The van der Waals surface area contributed by atoms with Crippen molar-refractivity contribution in [3.63, 3.8) is 0 Å². The smallest absolute Gasteiger partial charge is 0.206 e. The fourth-order valence-electron chi connectivity index (χ4n) is 2.03. The number of aromatic nitrogens is 2. The highest BCUT2D eigenvalue weighted by molar-refractivity contribution is 6.32. The first-order chi connectivity index (χ1) is 9.47. The number of fused-ring (bicyclic) bond motifs is 1. The number of nitrogens with zero attached hydrogens (tertiary/aromatic N) is 2. The van der Waals surface area contributed by atoms with E-state index in [9.17, 15) is 13.2 Å². The first-order valence-corrected chi connectivity index (χ1v) is 5.93. The number of nitrogens with two attached hydrogens (primary N) is 1. The zero-order chi connectivity index (χ0) is 14.4. The number of imidazole rings is 1. The second-order valence-electron chi connectivity index (χ2n) is 4.16. The molecule has 3 rings (SSSR count). The summed E-state index contributed by atoms with van der Waals surface area (Å²) in [6.45, 7) is 0. The van der Waals surface area contributed by atoms with Gasteiger partial charge in [-0.2, -0.15) is 0 Å². The Morgan fingerprint density at radius 3 is 2.55 bits per heavy atom. The molecular formula is C13H7ClF3N3. The monoisotopic (exact) mass is 297 g/mol. The van der Waals surface area contributed by atoms with Crippen molar-refractivity contribution in [1.29, 1.82) is 0 Å². The summed E-state index contributed by atoms with van der Waals surface area (Å²) in [6.07, 6.45) is 0. The average Bonchev–Trinajstić information content (AvgIpc) is 2.69. The topological polar surface area (TPSA) is 43.8 Å². The quantitative estimate of drug-likeness (QED) is 0.744. The number of rotatable bonds is 1. The van der Waals surface area contributed by atoms with Gasteiger partial charge in [-0.05, 0) is 18.2 Å². The third kappa shape index (κ3) is 1.89. The molecule has 0 amide bonds. The van der Waals surface area contributed by atoms with Crippen LogP contribution in [0.25, 0.3) is 16.7 Å². The van der Waals surface area contributed by atoms with E-state index in [-0.39, 0.29) is 27.7 Å². The minimum atomic E-state index is -0.849. The van der Waals surface area contributed by atoms with Gasteiger partial charge in [-0.3, -0.25) is 4.57 Å². The van der Waals surface area contributed by atoms with E-state index >= 15 is 0 Å². The van der Waals surface area contributed by atoms with Crippen LogP contribution in [0.5, 0.6) is 0 Å². The van der Waals surface area contributed by atoms with Crippen LogP contribution in [0.4, 0.5) is 19.1 Å². The summed E-state index contributed by atoms with van der Waals surface area (Å²) in [4.78, 5) is 3.82. The van der Waals surface area contributed by atoms with Crippen LogP contribution in [0.1, 0.15) is 0 Å². The van der Waals surface area contributed by atoms with E-state index in [1.807, 2.05) is 0 Å². The molecule has 0 fully saturated rings. The molecule has 7 heteroatoms. The van der Waals surface area contributed by atoms with E-state index in [4.69, 9.17) is 17.3 Å². The zero-order valence-corrected chi connectivity index (χ0v) is 10.6. The standard InChI is InChI=1S/C13H7ClF3N3/c14-8-2-1-6(15)4-10(8)20-11-5-7(16)3-9(17)12(11)19-13(20)18/h1-5H,(H2,18,19). The lowest BCUT2D eigenvalue weighted by molar-refractivity contribution is 0.590. The molecule has 1 heterocycles. The van der Waals surface area contributed by atoms with Gasteiger partial charge in [0.15, 0.2) is 5.82 Å². The number of nitrogen functional groups attached to an aromatic ring is 1. The van der Waals surface area contributed by atoms with Crippen LogP contribution in [-0.4, -0.2) is 9.55 Å². The van der Waals surface area contributed by atoms with Gasteiger partial charge in [0.1, 0.15) is 17.2 Å². The Balaban J connectivity index is 2.42. The van der Waals surface area contributed by atoms with E-state index in [2.05, 4.69) is 4.98 Å². The molecule has 2 aromatic carbocycles. The highest BCUT2D eigenvalue weighted by Gasteiger charge is 2.17. The van der Waals surface area contributed by atoms with Crippen molar-refractivity contribution in [3.8, 4) is 5.69 Å². The molecule has 0 saturated carbocycles. The van der Waals surface area contributed by atoms with E-state index in [0.717, 1.165) is 12.1 Å². The Kier molecular flexibility index (Phi) is 2.83. The van der Waals surface area contributed by atoms with Gasteiger partial charge >= 0.3 is 0 Å². The van der Waals surface area contributed by atoms with Crippen LogP contribution in [0, 0.1) is 17.5 Å². The highest BCUT2D eigenvalue weighted by Crippen LogP contribution is 2.30. The molecule has 0 radical (unpaired) electrons. The normalized spacial score (nSPS) is 11.2. The maximum absolute atomic E-state index is 13.7. The van der Waals surface area contributed by atoms with Gasteiger partial charge in [0.25, 0.3) is 0 Å². The molecule has 0 unspecified atom stereocenters. The van der Waals surface area contributed by atoms with Crippen molar-refractivity contribution < 1.29 is 13.2 Å². The Bertz CT molecular complexity index is 829. The minimum Gasteiger partial charge on any atom is -0.369 e. The SMILES string of the molecule is Nc1nc2c(F)cc(F)cc2n1-c1cc(F)ccc1Cl. The van der Waals surface area contributed by atoms with Crippen LogP contribution in [0.3, 0.4) is 0 Å². The van der Waals surface area contributed by atoms with Crippen molar-refractivity contribution in [3.05, 3.63) is 52.8 Å². The Hall–Kier alpha value is -2.21. The van der Waals surface area contributed by atoms with Gasteiger partial charge in [-0.15, -0.1) is 0 Å². The molecule has 0 spiro atoms. The maximum Gasteiger partial charge on any atom is 0.206 e. The van der Waals surface area contributed by atoms with E-state index < -0.39 is 17.5 Å². The lowest BCUT2D eigenvalue weighted by atomic mass is 10.2. The third-order valence-corrected chi connectivity index (χ3v) is 3.17. The molecule has 0 aliphatic rings. The van der Waals surface area contributed by atoms with Crippen LogP contribution in [0.15, 0.2) is 30.3 Å². The van der Waals surface area contributed by atoms with Crippen LogP contribution < -0.4 is 5.73 Å². The van der Waals surface area contributed by atoms with E-state index in [1.54, 1.807) is 0 Å². The number of halogens is 4. The van der Waals surface area contributed by atoms with Gasteiger partial charge in [0.05, 0.1) is 16.2 Å². The maximum atomic E-state index is 13.7. The molecule has 20 heavy (non-hydrogen) atoms. The van der Waals surface area contributed by atoms with Gasteiger partial charge in [-0.1, -0.05) is 11.6 Å². The number of anilines is 1. The molecule has 3 aromatic rings. The lowest BCUT2D eigenvalue weighted by Crippen LogP contribution is -2.02. The summed E-state index contributed by atoms with van der Waals surface area (Å²) in [6, 6.07) is 5.37. The zero-order valence-electron chi connectivity index (χ0n) is 9.87. The summed E-state index contributed by atoms with van der Waals surface area (Å²) in [5, 5.41) is 0.182. The van der Waals surface area contributed by atoms with Gasteiger partial charge < -0.3 is 5.73 Å². The van der Waals surface area contributed by atoms with Crippen molar-refractivity contribution >= 4 is 28.6 Å². The highest BCUT2D eigenvalue weighted by atomic mass is 35.5. The summed E-state index contributed by atoms with van der Waals surface area (Å²) in [7, 11) is 0. The van der Waals surface area contributed by atoms with Crippen molar-refractivity contribution in [1.82, 2.24) is 9.55 Å². The molecule has 3 nitrogen and oxygen atoms in total. The predicted octanol–water partition coefficient (Wildman–Crippen LogP) is 3.68. The van der Waals surface area contributed by atoms with E-state index in [1.165, 1.54) is 16.7 Å². The summed E-state index contributed by atoms with van der Waals surface area (Å²) < 4.78 is 41.6. The lowest BCUT2D eigenvalue weighted by Gasteiger charge is -2.09. The summed E-state index contributed by atoms with van der Waals surface area (Å²) >= 11 is 5.98. The fraction of sp³-hybridized carbons (Fsp3) is 0. The predicted molar refractivity (Wildman–Crippen MR) is 70.4 cm³/mol. The largest absolute Gasteiger partial charge is 0.369 e. The molecular weight excluding hydrogens is 291 g/mol. The van der Waals surface area contributed by atoms with E-state index in [0.29, 0.717) is 6.07 Å². The van der Waals surface area contributed by atoms with Gasteiger partial charge in [0, 0.05) is 12.1 Å². The number of hydrogen-bond acceptors (Lipinski definition) is 2. The first kappa shape index (κ1) is 12.8. The second kappa shape index (κ2) is 4.42. The second-order valence-corrected chi connectivity index (χ2v) is 4.56. The average molecular weight is 298 g/mol. The molecule has 1 aromatic heterocycles. The summed E-state index contributed by atoms with van der Waals surface area (Å²) in [5.74, 6) is -2.30. The van der Waals surface area contributed by atoms with Crippen LogP contribution in [0.2, 0.25) is 5.02 Å². The molecule has 0 aliphatic carbocycles. The van der Waals surface area contributed by atoms with Crippen LogP contribution in [-0.2, 0) is 0 Å². The molecule has 102 valence electrons. The molecule has 2 N–H and O–H groups in total. The number of hydrogen-bond donors (Lipinski definition) is 1.